The molecule has 1 fully saturated rings. The first kappa shape index (κ1) is 21.1. The number of nitrogens with zero attached hydrogens (tertiary/aromatic N) is 2. The molecule has 0 aromatic heterocycles. The highest BCUT2D eigenvalue weighted by atomic mass is 19.1. The molecule has 0 amide bonds. The van der Waals surface area contributed by atoms with Crippen LogP contribution >= 0.6 is 0 Å². The zero-order chi connectivity index (χ0) is 20.0. The summed E-state index contributed by atoms with van der Waals surface area (Å²) in [6, 6.07) is 5.25. The normalized spacial score (nSPS) is 17.0. The fourth-order valence-corrected chi connectivity index (χ4v) is 3.64. The molecule has 146 valence electrons. The van der Waals surface area contributed by atoms with Crippen LogP contribution in [0.5, 0.6) is 0 Å². The number of hydrogen-bond donors (Lipinski definition) is 0. The number of aliphatic imine (C=N–C) groups is 1. The van der Waals surface area contributed by atoms with E-state index >= 15 is 0 Å². The second-order valence-electron chi connectivity index (χ2n) is 7.45. The summed E-state index contributed by atoms with van der Waals surface area (Å²) in [4.78, 5) is 7.15. The predicted octanol–water partition coefficient (Wildman–Crippen LogP) is 6.68. The second kappa shape index (κ2) is 9.68. The van der Waals surface area contributed by atoms with Crippen molar-refractivity contribution in [1.82, 2.24) is 4.90 Å². The summed E-state index contributed by atoms with van der Waals surface area (Å²) < 4.78 is 14.5. The fourth-order valence-electron chi connectivity index (χ4n) is 3.64. The number of likely N-dealkylation sites (tertiary alicyclic amines) is 1. The third-order valence-electron chi connectivity index (χ3n) is 5.30. The van der Waals surface area contributed by atoms with E-state index in [9.17, 15) is 4.39 Å². The molecule has 0 spiro atoms. The highest BCUT2D eigenvalue weighted by Gasteiger charge is 2.16. The third-order valence-corrected chi connectivity index (χ3v) is 5.30. The molecule has 0 saturated carbocycles. The van der Waals surface area contributed by atoms with Crippen LogP contribution in [0.1, 0.15) is 64.5 Å². The molecule has 1 aromatic rings. The fraction of sp³-hybridized carbons (Fsp3) is 0.458. The molecular formula is C24H33FN2. The minimum atomic E-state index is -0.174. The van der Waals surface area contributed by atoms with E-state index in [1.165, 1.54) is 31.0 Å². The number of piperidine rings is 1. The standard InChI is InChI=1S/C24H33FN2/c1-7-21(24-18(4)12-11-13-22(24)25)16-23(26-17(2)3)19(5)20(6)27-14-9-8-10-15-27/h11-13,16H,2,7-10,14-15H2,1,3-6H3/b20-19+,21-16+,26-23?. The van der Waals surface area contributed by atoms with Crippen molar-refractivity contribution in [1.29, 1.82) is 0 Å². The van der Waals surface area contributed by atoms with Gasteiger partial charge in [-0.05, 0) is 82.2 Å². The molecule has 1 saturated heterocycles. The average molecular weight is 369 g/mol. The van der Waals surface area contributed by atoms with Crippen molar-refractivity contribution in [2.75, 3.05) is 13.1 Å². The summed E-state index contributed by atoms with van der Waals surface area (Å²) in [6.07, 6.45) is 6.57. The van der Waals surface area contributed by atoms with E-state index in [4.69, 9.17) is 4.99 Å². The van der Waals surface area contributed by atoms with Gasteiger partial charge in [0.2, 0.25) is 0 Å². The number of allylic oxidation sites excluding steroid dienone is 5. The van der Waals surface area contributed by atoms with Crippen LogP contribution in [-0.4, -0.2) is 23.7 Å². The first-order chi connectivity index (χ1) is 12.8. The number of benzene rings is 1. The van der Waals surface area contributed by atoms with Gasteiger partial charge in [-0.1, -0.05) is 25.6 Å². The van der Waals surface area contributed by atoms with Gasteiger partial charge < -0.3 is 4.90 Å². The minimum absolute atomic E-state index is 0.174. The van der Waals surface area contributed by atoms with Crippen molar-refractivity contribution in [3.05, 3.63) is 64.8 Å². The highest BCUT2D eigenvalue weighted by molar-refractivity contribution is 6.12. The summed E-state index contributed by atoms with van der Waals surface area (Å²) in [5, 5.41) is 0. The topological polar surface area (TPSA) is 15.6 Å². The first-order valence-electron chi connectivity index (χ1n) is 9.98. The Balaban J connectivity index is 2.52. The lowest BCUT2D eigenvalue weighted by molar-refractivity contribution is 0.284. The van der Waals surface area contributed by atoms with Gasteiger partial charge in [-0.2, -0.15) is 0 Å². The van der Waals surface area contributed by atoms with Crippen LogP contribution in [0.15, 0.2) is 52.8 Å². The molecule has 27 heavy (non-hydrogen) atoms. The van der Waals surface area contributed by atoms with E-state index in [-0.39, 0.29) is 5.82 Å². The van der Waals surface area contributed by atoms with Gasteiger partial charge in [0, 0.05) is 30.0 Å². The highest BCUT2D eigenvalue weighted by Crippen LogP contribution is 2.27. The maximum absolute atomic E-state index is 14.5. The monoisotopic (exact) mass is 368 g/mol. The van der Waals surface area contributed by atoms with Gasteiger partial charge in [0.15, 0.2) is 0 Å². The van der Waals surface area contributed by atoms with Gasteiger partial charge in [-0.15, -0.1) is 0 Å². The van der Waals surface area contributed by atoms with Crippen molar-refractivity contribution in [2.24, 2.45) is 4.99 Å². The van der Waals surface area contributed by atoms with E-state index in [0.29, 0.717) is 5.56 Å². The van der Waals surface area contributed by atoms with Gasteiger partial charge in [-0.25, -0.2) is 4.39 Å². The van der Waals surface area contributed by atoms with Crippen LogP contribution in [0.25, 0.3) is 5.57 Å². The Morgan fingerprint density at radius 3 is 2.41 bits per heavy atom. The quantitative estimate of drug-likeness (QED) is 0.511. The predicted molar refractivity (Wildman–Crippen MR) is 115 cm³/mol. The molecule has 2 rings (SSSR count). The number of halogens is 1. The van der Waals surface area contributed by atoms with Crippen molar-refractivity contribution < 1.29 is 4.39 Å². The lowest BCUT2D eigenvalue weighted by Crippen LogP contribution is -2.29. The van der Waals surface area contributed by atoms with Gasteiger partial charge >= 0.3 is 0 Å². The lowest BCUT2D eigenvalue weighted by Gasteiger charge is -2.31. The van der Waals surface area contributed by atoms with Crippen LogP contribution in [0.3, 0.4) is 0 Å². The van der Waals surface area contributed by atoms with E-state index in [2.05, 4.69) is 32.3 Å². The molecule has 0 atom stereocenters. The van der Waals surface area contributed by atoms with Gasteiger partial charge in [0.1, 0.15) is 5.82 Å². The Morgan fingerprint density at radius 2 is 1.85 bits per heavy atom. The summed E-state index contributed by atoms with van der Waals surface area (Å²) in [7, 11) is 0. The van der Waals surface area contributed by atoms with E-state index in [0.717, 1.165) is 47.6 Å². The van der Waals surface area contributed by atoms with Crippen LogP contribution in [0.2, 0.25) is 0 Å². The Kier molecular flexibility index (Phi) is 7.58. The Bertz CT molecular complexity index is 757. The molecular weight excluding hydrogens is 335 g/mol. The molecule has 2 nitrogen and oxygen atoms in total. The van der Waals surface area contributed by atoms with Crippen molar-refractivity contribution in [3.8, 4) is 0 Å². The molecule has 0 bridgehead atoms. The van der Waals surface area contributed by atoms with E-state index in [1.54, 1.807) is 6.07 Å². The largest absolute Gasteiger partial charge is 0.375 e. The van der Waals surface area contributed by atoms with Gasteiger partial charge in [-0.3, -0.25) is 4.99 Å². The summed E-state index contributed by atoms with van der Waals surface area (Å²) >= 11 is 0. The molecule has 0 radical (unpaired) electrons. The lowest BCUT2D eigenvalue weighted by atomic mass is 9.95. The third kappa shape index (κ3) is 5.41. The smallest absolute Gasteiger partial charge is 0.130 e. The zero-order valence-electron chi connectivity index (χ0n) is 17.5. The molecule has 1 aromatic carbocycles. The Hall–Kier alpha value is -2.16. The summed E-state index contributed by atoms with van der Waals surface area (Å²) in [6.45, 7) is 16.4. The number of hydrogen-bond acceptors (Lipinski definition) is 2. The maximum Gasteiger partial charge on any atom is 0.130 e. The number of rotatable bonds is 6. The Labute approximate surface area is 164 Å². The second-order valence-corrected chi connectivity index (χ2v) is 7.45. The van der Waals surface area contributed by atoms with E-state index in [1.807, 2.05) is 26.0 Å². The average Bonchev–Trinajstić information content (AvgIpc) is 2.65. The van der Waals surface area contributed by atoms with Crippen LogP contribution in [-0.2, 0) is 0 Å². The van der Waals surface area contributed by atoms with Crippen molar-refractivity contribution in [3.63, 3.8) is 0 Å². The van der Waals surface area contributed by atoms with Crippen LogP contribution in [0.4, 0.5) is 4.39 Å². The maximum atomic E-state index is 14.5. The van der Waals surface area contributed by atoms with Crippen molar-refractivity contribution >= 4 is 11.3 Å². The molecule has 0 aliphatic carbocycles. The molecule has 3 heteroatoms. The molecule has 1 heterocycles. The summed E-state index contributed by atoms with van der Waals surface area (Å²) in [5.74, 6) is -0.174. The van der Waals surface area contributed by atoms with Gasteiger partial charge in [0.05, 0.1) is 5.71 Å². The number of aryl methyl sites for hydroxylation is 1. The Morgan fingerprint density at radius 1 is 1.19 bits per heavy atom. The molecule has 0 unspecified atom stereocenters. The summed E-state index contributed by atoms with van der Waals surface area (Å²) in [5.41, 5.74) is 6.64. The molecule has 1 aliphatic heterocycles. The van der Waals surface area contributed by atoms with Crippen LogP contribution in [0, 0.1) is 12.7 Å². The van der Waals surface area contributed by atoms with Gasteiger partial charge in [0.25, 0.3) is 0 Å². The molecule has 1 aliphatic rings. The first-order valence-corrected chi connectivity index (χ1v) is 9.98. The van der Waals surface area contributed by atoms with Crippen molar-refractivity contribution in [2.45, 2.75) is 60.3 Å². The molecule has 0 N–H and O–H groups in total. The zero-order valence-corrected chi connectivity index (χ0v) is 17.5. The minimum Gasteiger partial charge on any atom is -0.375 e. The van der Waals surface area contributed by atoms with E-state index < -0.39 is 0 Å². The van der Waals surface area contributed by atoms with Crippen LogP contribution < -0.4 is 0 Å². The SMILES string of the molecule is C=C(C)N=C(/C=C(\CC)c1c(C)cccc1F)/C(C)=C(\C)N1CCCCC1.